The van der Waals surface area contributed by atoms with Gasteiger partial charge in [-0.3, -0.25) is 9.80 Å². The number of alkyl halides is 2. The Labute approximate surface area is 90.2 Å². The topological polar surface area (TPSA) is 6.48 Å². The van der Waals surface area contributed by atoms with Gasteiger partial charge in [0.05, 0.1) is 6.54 Å². The molecule has 4 heteroatoms. The predicted octanol–water partition coefficient (Wildman–Crippen LogP) is 1.81. The lowest BCUT2D eigenvalue weighted by Gasteiger charge is -2.43. The van der Waals surface area contributed by atoms with Gasteiger partial charge in [0.2, 0.25) is 0 Å². The molecule has 2 fully saturated rings. The third kappa shape index (κ3) is 2.31. The van der Waals surface area contributed by atoms with E-state index in [4.69, 9.17) is 0 Å². The lowest BCUT2D eigenvalue weighted by molar-refractivity contribution is 0.000683. The van der Waals surface area contributed by atoms with Crippen LogP contribution in [-0.2, 0) is 0 Å². The Morgan fingerprint density at radius 2 is 1.87 bits per heavy atom. The van der Waals surface area contributed by atoms with Gasteiger partial charge < -0.3 is 0 Å². The summed E-state index contributed by atoms with van der Waals surface area (Å²) in [5, 5.41) is 0. The van der Waals surface area contributed by atoms with E-state index in [0.717, 1.165) is 32.5 Å². The number of hydrogen-bond acceptors (Lipinski definition) is 2. The minimum atomic E-state index is -2.19. The smallest absolute Gasteiger partial charge is 0.251 e. The molecule has 0 unspecified atom stereocenters. The van der Waals surface area contributed by atoms with Crippen LogP contribution in [0, 0.1) is 0 Å². The van der Waals surface area contributed by atoms with Crippen molar-refractivity contribution in [1.82, 2.24) is 9.80 Å². The molecule has 1 aliphatic carbocycles. The molecule has 2 rings (SSSR count). The Morgan fingerprint density at radius 3 is 2.33 bits per heavy atom. The first-order valence-electron chi connectivity index (χ1n) is 5.81. The molecule has 0 atom stereocenters. The van der Waals surface area contributed by atoms with Crippen LogP contribution in [0.25, 0.3) is 0 Å². The first kappa shape index (κ1) is 11.3. The van der Waals surface area contributed by atoms with Crippen LogP contribution in [0.5, 0.6) is 0 Å². The van der Waals surface area contributed by atoms with Gasteiger partial charge in [-0.2, -0.15) is 0 Å². The first-order chi connectivity index (χ1) is 7.03. The Morgan fingerprint density at radius 1 is 1.20 bits per heavy atom. The van der Waals surface area contributed by atoms with Crippen molar-refractivity contribution < 1.29 is 8.78 Å². The van der Waals surface area contributed by atoms with Gasteiger partial charge in [0.15, 0.2) is 0 Å². The van der Waals surface area contributed by atoms with Gasteiger partial charge in [0, 0.05) is 31.2 Å². The molecule has 1 saturated heterocycles. The minimum Gasteiger partial charge on any atom is -0.298 e. The highest BCUT2D eigenvalue weighted by Gasteiger charge is 2.51. The van der Waals surface area contributed by atoms with Crippen LogP contribution >= 0.6 is 0 Å². The lowest BCUT2D eigenvalue weighted by atomic mass is 10.1. The van der Waals surface area contributed by atoms with E-state index in [9.17, 15) is 8.78 Å². The summed E-state index contributed by atoms with van der Waals surface area (Å²) in [6, 6.07) is 0.538. The third-order valence-corrected chi connectivity index (χ3v) is 3.74. The van der Waals surface area contributed by atoms with Crippen molar-refractivity contribution in [3.05, 3.63) is 0 Å². The van der Waals surface area contributed by atoms with Crippen molar-refractivity contribution >= 4 is 0 Å². The molecule has 1 spiro atoms. The summed E-state index contributed by atoms with van der Waals surface area (Å²) in [7, 11) is 0. The van der Waals surface area contributed by atoms with Gasteiger partial charge in [-0.1, -0.05) is 0 Å². The fourth-order valence-corrected chi connectivity index (χ4v) is 2.55. The second-order valence-electron chi connectivity index (χ2n) is 5.13. The fraction of sp³-hybridized carbons (Fsp3) is 1.00. The largest absolute Gasteiger partial charge is 0.298 e. The van der Waals surface area contributed by atoms with Crippen LogP contribution in [0.15, 0.2) is 0 Å². The summed E-state index contributed by atoms with van der Waals surface area (Å²) in [6.07, 6.45) is 0.0133. The van der Waals surface area contributed by atoms with E-state index in [-0.39, 0.29) is 12.1 Å². The van der Waals surface area contributed by atoms with Crippen molar-refractivity contribution in [2.75, 3.05) is 26.2 Å². The number of rotatable bonds is 3. The molecule has 1 aliphatic heterocycles. The van der Waals surface area contributed by atoms with E-state index >= 15 is 0 Å². The van der Waals surface area contributed by atoms with E-state index in [2.05, 4.69) is 18.7 Å². The van der Waals surface area contributed by atoms with Crippen LogP contribution in [0.3, 0.4) is 0 Å². The molecule has 0 amide bonds. The summed E-state index contributed by atoms with van der Waals surface area (Å²) in [4.78, 5) is 4.42. The summed E-state index contributed by atoms with van der Waals surface area (Å²) >= 11 is 0. The lowest BCUT2D eigenvalue weighted by Crippen LogP contribution is -2.57. The Balaban J connectivity index is 1.95. The molecular weight excluding hydrogens is 198 g/mol. The standard InChI is InChI=1S/C11H20F2N2/c1-9(2)14-5-6-15(7-10(12)13)11(8-14)3-4-11/h9-10H,3-8H2,1-2H3. The van der Waals surface area contributed by atoms with Crippen molar-refractivity contribution in [2.24, 2.45) is 0 Å². The molecule has 0 aromatic heterocycles. The fourth-order valence-electron chi connectivity index (χ4n) is 2.55. The normalized spacial score (nSPS) is 26.8. The Kier molecular flexibility index (Phi) is 2.99. The molecule has 0 N–H and O–H groups in total. The summed E-state index contributed by atoms with van der Waals surface area (Å²) in [5.74, 6) is 0. The van der Waals surface area contributed by atoms with Crippen molar-refractivity contribution in [3.63, 3.8) is 0 Å². The van der Waals surface area contributed by atoms with E-state index in [1.54, 1.807) is 0 Å². The molecule has 0 aromatic rings. The number of nitrogens with zero attached hydrogens (tertiary/aromatic N) is 2. The second-order valence-corrected chi connectivity index (χ2v) is 5.13. The van der Waals surface area contributed by atoms with Gasteiger partial charge in [0.25, 0.3) is 6.43 Å². The highest BCUT2D eigenvalue weighted by atomic mass is 19.3. The summed E-state index contributed by atoms with van der Waals surface area (Å²) < 4.78 is 24.8. The van der Waals surface area contributed by atoms with Gasteiger partial charge in [-0.15, -0.1) is 0 Å². The van der Waals surface area contributed by atoms with Crippen LogP contribution in [0.1, 0.15) is 26.7 Å². The molecule has 0 bridgehead atoms. The average Bonchev–Trinajstić information content (AvgIpc) is 2.89. The molecule has 15 heavy (non-hydrogen) atoms. The van der Waals surface area contributed by atoms with Gasteiger partial charge in [-0.05, 0) is 26.7 Å². The van der Waals surface area contributed by atoms with Crippen LogP contribution in [-0.4, -0.2) is 54.0 Å². The summed E-state index contributed by atoms with van der Waals surface area (Å²) in [5.41, 5.74) is 0.110. The molecule has 0 aromatic carbocycles. The van der Waals surface area contributed by atoms with Crippen LogP contribution in [0.4, 0.5) is 8.78 Å². The van der Waals surface area contributed by atoms with Crippen molar-refractivity contribution in [1.29, 1.82) is 0 Å². The predicted molar refractivity (Wildman–Crippen MR) is 56.3 cm³/mol. The molecule has 1 heterocycles. The average molecular weight is 218 g/mol. The molecule has 2 nitrogen and oxygen atoms in total. The molecule has 1 saturated carbocycles. The van der Waals surface area contributed by atoms with Crippen LogP contribution < -0.4 is 0 Å². The third-order valence-electron chi connectivity index (χ3n) is 3.74. The monoisotopic (exact) mass is 218 g/mol. The maximum atomic E-state index is 12.4. The van der Waals surface area contributed by atoms with E-state index in [1.807, 2.05) is 4.90 Å². The Bertz CT molecular complexity index is 227. The van der Waals surface area contributed by atoms with E-state index in [1.165, 1.54) is 0 Å². The Hall–Kier alpha value is -0.220. The van der Waals surface area contributed by atoms with E-state index < -0.39 is 6.43 Å². The quantitative estimate of drug-likeness (QED) is 0.713. The molecule has 0 radical (unpaired) electrons. The number of halogens is 2. The zero-order chi connectivity index (χ0) is 11.1. The highest BCUT2D eigenvalue weighted by molar-refractivity contribution is 5.08. The maximum Gasteiger partial charge on any atom is 0.251 e. The maximum absolute atomic E-state index is 12.4. The zero-order valence-electron chi connectivity index (χ0n) is 9.55. The summed E-state index contributed by atoms with van der Waals surface area (Å²) in [6.45, 7) is 7.05. The molecular formula is C11H20F2N2. The minimum absolute atomic E-state index is 0.0358. The number of piperazine rings is 1. The first-order valence-corrected chi connectivity index (χ1v) is 5.81. The second kappa shape index (κ2) is 3.98. The van der Waals surface area contributed by atoms with Gasteiger partial charge >= 0.3 is 0 Å². The van der Waals surface area contributed by atoms with Gasteiger partial charge in [-0.25, -0.2) is 8.78 Å². The SMILES string of the molecule is CC(C)N1CCN(CC(F)F)C2(CC2)C1. The van der Waals surface area contributed by atoms with Crippen LogP contribution in [0.2, 0.25) is 0 Å². The molecule has 2 aliphatic rings. The van der Waals surface area contributed by atoms with Gasteiger partial charge in [0.1, 0.15) is 0 Å². The van der Waals surface area contributed by atoms with Crippen molar-refractivity contribution in [3.8, 4) is 0 Å². The molecule has 88 valence electrons. The van der Waals surface area contributed by atoms with Crippen molar-refractivity contribution in [2.45, 2.75) is 44.7 Å². The zero-order valence-corrected chi connectivity index (χ0v) is 9.55. The van der Waals surface area contributed by atoms with E-state index in [0.29, 0.717) is 6.04 Å². The number of hydrogen-bond donors (Lipinski definition) is 0. The highest BCUT2D eigenvalue weighted by Crippen LogP contribution is 2.44.